The van der Waals surface area contributed by atoms with E-state index in [4.69, 9.17) is 21.4 Å². The lowest BCUT2D eigenvalue weighted by molar-refractivity contribution is 0.122. The van der Waals surface area contributed by atoms with E-state index in [0.29, 0.717) is 46.8 Å². The van der Waals surface area contributed by atoms with Gasteiger partial charge in [-0.25, -0.2) is 9.97 Å². The molecule has 0 aliphatic carbocycles. The van der Waals surface area contributed by atoms with Crippen LogP contribution < -0.4 is 22.1 Å². The Morgan fingerprint density at radius 1 is 0.891 bits per heavy atom. The molecule has 5 rings (SSSR count). The van der Waals surface area contributed by atoms with Crippen molar-refractivity contribution in [1.29, 1.82) is 0 Å². The van der Waals surface area contributed by atoms with Crippen LogP contribution in [0.5, 0.6) is 0 Å². The minimum Gasteiger partial charge on any atom is -0.383 e. The van der Waals surface area contributed by atoms with Crippen molar-refractivity contribution in [2.75, 3.05) is 68.9 Å². The predicted molar refractivity (Wildman–Crippen MR) is 189 cm³/mol. The maximum atomic E-state index is 6.40. The smallest absolute Gasteiger partial charge is 0.226 e. The number of nitrogens with two attached hydrogens (primary N) is 2. The van der Waals surface area contributed by atoms with E-state index in [0.717, 1.165) is 91.7 Å². The first-order valence-electron chi connectivity index (χ1n) is 16.5. The Hall–Kier alpha value is -3.90. The lowest BCUT2D eigenvalue weighted by atomic mass is 9.87. The number of aromatic nitrogens is 6. The number of pyridine rings is 2. The third kappa shape index (κ3) is 8.08. The molecule has 0 saturated carbocycles. The van der Waals surface area contributed by atoms with E-state index in [2.05, 4.69) is 88.2 Å². The molecule has 0 bridgehead atoms. The molecule has 1 aliphatic heterocycles. The van der Waals surface area contributed by atoms with Crippen molar-refractivity contribution < 1.29 is 0 Å². The van der Waals surface area contributed by atoms with E-state index in [1.807, 2.05) is 19.9 Å². The maximum absolute atomic E-state index is 6.40. The van der Waals surface area contributed by atoms with Gasteiger partial charge in [0.05, 0.1) is 10.8 Å². The predicted octanol–water partition coefficient (Wildman–Crippen LogP) is 4.60. The van der Waals surface area contributed by atoms with E-state index in [9.17, 15) is 0 Å². The van der Waals surface area contributed by atoms with Crippen molar-refractivity contribution in [2.45, 2.75) is 73.3 Å². The lowest BCUT2D eigenvalue weighted by Crippen LogP contribution is -2.42. The highest BCUT2D eigenvalue weighted by Gasteiger charge is 2.26. The standard InChI is InChI=1S/C34H52N12/c1-20-14-22(3)39-30-26(20)28(35)41-32(43-30)37-11-9-12-46-13-10-24(16-23(46)4)17-25-15-21(2)27-29(36)42-33(44-31(27)40-25)38-18-34(5,6)19-45(7)8/h14-15,23-24H,9-13,16-19H2,1-8H3,(H3,35,37,39,41,43)(H3,36,38,40,42,44). The topological polar surface area (TPSA) is 160 Å². The molecule has 1 fully saturated rings. The van der Waals surface area contributed by atoms with Gasteiger partial charge in [-0.15, -0.1) is 0 Å². The molecular weight excluding hydrogens is 576 g/mol. The first kappa shape index (κ1) is 33.5. The second-order valence-electron chi connectivity index (χ2n) is 14.3. The van der Waals surface area contributed by atoms with Crippen LogP contribution in [-0.4, -0.2) is 92.6 Å². The first-order chi connectivity index (χ1) is 21.8. The minimum absolute atomic E-state index is 0.0558. The number of nitrogens with zero attached hydrogens (tertiary/aromatic N) is 8. The average molecular weight is 629 g/mol. The quantitative estimate of drug-likeness (QED) is 0.162. The number of rotatable bonds is 12. The normalized spacial score (nSPS) is 17.7. The number of piperidine rings is 1. The lowest BCUT2D eigenvalue weighted by Gasteiger charge is -2.37. The molecule has 4 aromatic heterocycles. The second-order valence-corrected chi connectivity index (χ2v) is 14.3. The summed E-state index contributed by atoms with van der Waals surface area (Å²) in [5.74, 6) is 2.59. The minimum atomic E-state index is 0.0558. The van der Waals surface area contributed by atoms with Gasteiger partial charge >= 0.3 is 0 Å². The summed E-state index contributed by atoms with van der Waals surface area (Å²) < 4.78 is 0. The largest absolute Gasteiger partial charge is 0.383 e. The van der Waals surface area contributed by atoms with Crippen LogP contribution in [-0.2, 0) is 6.42 Å². The van der Waals surface area contributed by atoms with Crippen LogP contribution in [0.3, 0.4) is 0 Å². The zero-order valence-corrected chi connectivity index (χ0v) is 28.9. The summed E-state index contributed by atoms with van der Waals surface area (Å²) in [7, 11) is 4.17. The highest BCUT2D eigenvalue weighted by molar-refractivity contribution is 5.90. The van der Waals surface area contributed by atoms with Crippen LogP contribution in [0, 0.1) is 32.1 Å². The Balaban J connectivity index is 1.14. The third-order valence-electron chi connectivity index (χ3n) is 8.96. The molecule has 248 valence electrons. The van der Waals surface area contributed by atoms with E-state index in [-0.39, 0.29) is 5.41 Å². The summed E-state index contributed by atoms with van der Waals surface area (Å²) in [6, 6.07) is 4.67. The van der Waals surface area contributed by atoms with Gasteiger partial charge in [-0.1, -0.05) is 13.8 Å². The van der Waals surface area contributed by atoms with Crippen molar-refractivity contribution in [3.05, 3.63) is 34.6 Å². The molecule has 0 amide bonds. The van der Waals surface area contributed by atoms with Gasteiger partial charge < -0.3 is 31.9 Å². The molecule has 0 spiro atoms. The SMILES string of the molecule is Cc1cc(C)c2c(N)nc(NCCCN3CCC(Cc4cc(C)c5c(N)nc(NCC(C)(C)CN(C)C)nc5n4)CC3C)nc2n1. The monoisotopic (exact) mass is 628 g/mol. The molecule has 6 N–H and O–H groups in total. The van der Waals surface area contributed by atoms with Crippen LogP contribution in [0.2, 0.25) is 0 Å². The first-order valence-corrected chi connectivity index (χ1v) is 16.5. The third-order valence-corrected chi connectivity index (χ3v) is 8.96. The van der Waals surface area contributed by atoms with E-state index >= 15 is 0 Å². The zero-order chi connectivity index (χ0) is 33.2. The number of likely N-dealkylation sites (tertiary alicyclic amines) is 1. The Morgan fingerprint density at radius 2 is 1.52 bits per heavy atom. The Bertz CT molecular complexity index is 1680. The van der Waals surface area contributed by atoms with E-state index in [1.165, 1.54) is 0 Å². The highest BCUT2D eigenvalue weighted by atomic mass is 15.2. The van der Waals surface area contributed by atoms with Crippen LogP contribution in [0.25, 0.3) is 22.1 Å². The molecule has 1 saturated heterocycles. The Kier molecular flexibility index (Phi) is 10.1. The van der Waals surface area contributed by atoms with Crippen molar-refractivity contribution >= 4 is 45.6 Å². The summed E-state index contributed by atoms with van der Waals surface area (Å²) in [5.41, 5.74) is 18.1. The van der Waals surface area contributed by atoms with Gasteiger partial charge in [0.2, 0.25) is 11.9 Å². The summed E-state index contributed by atoms with van der Waals surface area (Å²) in [5, 5.41) is 8.44. The number of hydrogen-bond donors (Lipinski definition) is 4. The molecule has 46 heavy (non-hydrogen) atoms. The van der Waals surface area contributed by atoms with Crippen LogP contribution in [0.4, 0.5) is 23.5 Å². The number of nitrogen functional groups attached to an aromatic ring is 2. The van der Waals surface area contributed by atoms with E-state index < -0.39 is 0 Å². The molecule has 12 nitrogen and oxygen atoms in total. The van der Waals surface area contributed by atoms with Gasteiger partial charge in [-0.05, 0) is 109 Å². The fourth-order valence-corrected chi connectivity index (χ4v) is 7.03. The van der Waals surface area contributed by atoms with Gasteiger partial charge in [0.25, 0.3) is 0 Å². The molecule has 2 unspecified atom stereocenters. The second kappa shape index (κ2) is 13.8. The molecule has 5 heterocycles. The van der Waals surface area contributed by atoms with Crippen molar-refractivity contribution in [3.8, 4) is 0 Å². The fraction of sp³-hybridized carbons (Fsp3) is 0.588. The van der Waals surface area contributed by atoms with Gasteiger partial charge in [0, 0.05) is 43.6 Å². The van der Waals surface area contributed by atoms with Gasteiger partial charge in [-0.2, -0.15) is 19.9 Å². The van der Waals surface area contributed by atoms with Crippen molar-refractivity contribution in [2.24, 2.45) is 11.3 Å². The Labute approximate surface area is 273 Å². The fourth-order valence-electron chi connectivity index (χ4n) is 7.03. The van der Waals surface area contributed by atoms with Gasteiger partial charge in [0.1, 0.15) is 11.6 Å². The summed E-state index contributed by atoms with van der Waals surface area (Å²) in [6.45, 7) is 17.4. The van der Waals surface area contributed by atoms with Crippen LogP contribution in [0.1, 0.15) is 62.5 Å². The number of fused-ring (bicyclic) bond motifs is 2. The molecule has 12 heteroatoms. The molecule has 4 aromatic rings. The molecule has 2 atom stereocenters. The maximum Gasteiger partial charge on any atom is 0.226 e. The van der Waals surface area contributed by atoms with E-state index in [1.54, 1.807) is 0 Å². The Morgan fingerprint density at radius 3 is 2.17 bits per heavy atom. The molecule has 1 aliphatic rings. The van der Waals surface area contributed by atoms with Gasteiger partial charge in [0.15, 0.2) is 11.3 Å². The number of nitrogens with one attached hydrogen (secondary N) is 2. The molecular formula is C34H52N12. The number of aryl methyl sites for hydroxylation is 3. The molecule has 0 radical (unpaired) electrons. The van der Waals surface area contributed by atoms with Gasteiger partial charge in [-0.3, -0.25) is 0 Å². The van der Waals surface area contributed by atoms with Crippen LogP contribution in [0.15, 0.2) is 12.1 Å². The van der Waals surface area contributed by atoms with Crippen LogP contribution >= 0.6 is 0 Å². The summed E-state index contributed by atoms with van der Waals surface area (Å²) in [6.07, 6.45) is 4.21. The highest BCUT2D eigenvalue weighted by Crippen LogP contribution is 2.29. The average Bonchev–Trinajstić information content (AvgIpc) is 2.93. The van der Waals surface area contributed by atoms with Crippen molar-refractivity contribution in [1.82, 2.24) is 39.7 Å². The van der Waals surface area contributed by atoms with Crippen molar-refractivity contribution in [3.63, 3.8) is 0 Å². The number of anilines is 4. The molecule has 0 aromatic carbocycles. The summed E-state index contributed by atoms with van der Waals surface area (Å²) in [4.78, 5) is 32.8. The number of hydrogen-bond acceptors (Lipinski definition) is 12. The summed E-state index contributed by atoms with van der Waals surface area (Å²) >= 11 is 0. The zero-order valence-electron chi connectivity index (χ0n) is 28.9.